The fourth-order valence-corrected chi connectivity index (χ4v) is 2.31. The normalized spacial score (nSPS) is 11.1. The summed E-state index contributed by atoms with van der Waals surface area (Å²) in [5.41, 5.74) is 1.27. The molecule has 0 aliphatic heterocycles. The number of thioether (sulfide) groups is 1. The second-order valence-electron chi connectivity index (χ2n) is 4.80. The van der Waals surface area contributed by atoms with E-state index in [0.717, 1.165) is 18.0 Å². The Labute approximate surface area is 112 Å². The summed E-state index contributed by atoms with van der Waals surface area (Å²) in [6, 6.07) is 8.46. The van der Waals surface area contributed by atoms with Crippen molar-refractivity contribution in [2.45, 2.75) is 37.8 Å². The van der Waals surface area contributed by atoms with Gasteiger partial charge in [-0.2, -0.15) is 4.98 Å². The molecular weight excluding hydrogens is 244 g/mol. The molecule has 0 saturated carbocycles. The molecule has 0 unspecified atom stereocenters. The van der Waals surface area contributed by atoms with Gasteiger partial charge in [0.25, 0.3) is 0 Å². The third-order valence-electron chi connectivity index (χ3n) is 2.48. The topological polar surface area (TPSA) is 38.9 Å². The van der Waals surface area contributed by atoms with Gasteiger partial charge in [-0.1, -0.05) is 36.7 Å². The average Bonchev–Trinajstić information content (AvgIpc) is 2.75. The molecule has 0 amide bonds. The van der Waals surface area contributed by atoms with E-state index >= 15 is 0 Å². The molecule has 4 heteroatoms. The number of rotatable bonds is 5. The van der Waals surface area contributed by atoms with E-state index in [1.807, 2.05) is 0 Å². The van der Waals surface area contributed by atoms with Gasteiger partial charge in [0.2, 0.25) is 5.89 Å². The average molecular weight is 262 g/mol. The van der Waals surface area contributed by atoms with E-state index in [1.54, 1.807) is 11.8 Å². The number of aryl methyl sites for hydroxylation is 1. The molecule has 0 atom stereocenters. The van der Waals surface area contributed by atoms with Crippen LogP contribution in [0.25, 0.3) is 0 Å². The Hall–Kier alpha value is -1.29. The molecule has 0 aliphatic carbocycles. The highest BCUT2D eigenvalue weighted by Gasteiger charge is 2.08. The standard InChI is InChI=1S/C14H18N2OS/c1-10(2)8-13-15-14(17-16-13)9-18-12-6-4-11(3)5-7-12/h4-7,10H,8-9H2,1-3H3. The molecule has 1 aromatic carbocycles. The van der Waals surface area contributed by atoms with Gasteiger partial charge in [0.1, 0.15) is 0 Å². The summed E-state index contributed by atoms with van der Waals surface area (Å²) in [4.78, 5) is 5.61. The van der Waals surface area contributed by atoms with Gasteiger partial charge in [0, 0.05) is 11.3 Å². The first-order chi connectivity index (χ1) is 8.63. The van der Waals surface area contributed by atoms with Crippen LogP contribution < -0.4 is 0 Å². The summed E-state index contributed by atoms with van der Waals surface area (Å²) >= 11 is 1.72. The highest BCUT2D eigenvalue weighted by molar-refractivity contribution is 7.98. The van der Waals surface area contributed by atoms with Gasteiger partial charge in [0.05, 0.1) is 5.75 Å². The van der Waals surface area contributed by atoms with Crippen LogP contribution in [0.2, 0.25) is 0 Å². The largest absolute Gasteiger partial charge is 0.338 e. The third kappa shape index (κ3) is 3.88. The van der Waals surface area contributed by atoms with E-state index in [0.29, 0.717) is 11.8 Å². The van der Waals surface area contributed by atoms with Crippen molar-refractivity contribution in [2.24, 2.45) is 5.92 Å². The van der Waals surface area contributed by atoms with E-state index < -0.39 is 0 Å². The molecule has 0 saturated heterocycles. The SMILES string of the molecule is Cc1ccc(SCc2nc(CC(C)C)no2)cc1. The van der Waals surface area contributed by atoms with Crippen molar-refractivity contribution in [3.8, 4) is 0 Å². The van der Waals surface area contributed by atoms with Gasteiger partial charge < -0.3 is 4.52 Å². The maximum absolute atomic E-state index is 5.23. The zero-order valence-electron chi connectivity index (χ0n) is 11.0. The van der Waals surface area contributed by atoms with Crippen LogP contribution in [0.1, 0.15) is 31.1 Å². The van der Waals surface area contributed by atoms with Crippen molar-refractivity contribution in [3.63, 3.8) is 0 Å². The van der Waals surface area contributed by atoms with Crippen LogP contribution in [0.3, 0.4) is 0 Å². The Bertz CT molecular complexity index is 491. The molecule has 18 heavy (non-hydrogen) atoms. The second-order valence-corrected chi connectivity index (χ2v) is 5.85. The molecular formula is C14H18N2OS. The lowest BCUT2D eigenvalue weighted by atomic mass is 10.1. The number of hydrogen-bond donors (Lipinski definition) is 0. The second kappa shape index (κ2) is 6.05. The fourth-order valence-electron chi connectivity index (χ4n) is 1.58. The zero-order valence-corrected chi connectivity index (χ0v) is 11.8. The molecule has 2 aromatic rings. The lowest BCUT2D eigenvalue weighted by Gasteiger charge is -1.98. The van der Waals surface area contributed by atoms with Gasteiger partial charge in [-0.05, 0) is 25.0 Å². The highest BCUT2D eigenvalue weighted by Crippen LogP contribution is 2.22. The monoisotopic (exact) mass is 262 g/mol. The first-order valence-corrected chi connectivity index (χ1v) is 7.13. The maximum atomic E-state index is 5.23. The molecule has 0 aliphatic rings. The first-order valence-electron chi connectivity index (χ1n) is 6.14. The molecule has 0 bridgehead atoms. The summed E-state index contributed by atoms with van der Waals surface area (Å²) in [5.74, 6) is 2.80. The number of aromatic nitrogens is 2. The molecule has 1 aromatic heterocycles. The van der Waals surface area contributed by atoms with Crippen molar-refractivity contribution in [2.75, 3.05) is 0 Å². The molecule has 0 N–H and O–H groups in total. The molecule has 0 radical (unpaired) electrons. The smallest absolute Gasteiger partial charge is 0.237 e. The minimum atomic E-state index is 0.556. The van der Waals surface area contributed by atoms with Gasteiger partial charge in [0.15, 0.2) is 5.82 Å². The zero-order chi connectivity index (χ0) is 13.0. The fraction of sp³-hybridized carbons (Fsp3) is 0.429. The van der Waals surface area contributed by atoms with E-state index in [9.17, 15) is 0 Å². The van der Waals surface area contributed by atoms with Gasteiger partial charge in [-0.15, -0.1) is 11.8 Å². The van der Waals surface area contributed by atoms with Crippen LogP contribution in [-0.4, -0.2) is 10.1 Å². The summed E-state index contributed by atoms with van der Waals surface area (Å²) in [7, 11) is 0. The molecule has 1 heterocycles. The van der Waals surface area contributed by atoms with Crippen molar-refractivity contribution in [3.05, 3.63) is 41.5 Å². The Morgan fingerprint density at radius 3 is 2.61 bits per heavy atom. The summed E-state index contributed by atoms with van der Waals surface area (Å²) < 4.78 is 5.23. The molecule has 3 nitrogen and oxygen atoms in total. The van der Waals surface area contributed by atoms with Crippen molar-refractivity contribution < 1.29 is 4.52 Å². The Morgan fingerprint density at radius 1 is 1.22 bits per heavy atom. The van der Waals surface area contributed by atoms with Crippen LogP contribution in [0.4, 0.5) is 0 Å². The lowest BCUT2D eigenvalue weighted by Crippen LogP contribution is -1.96. The van der Waals surface area contributed by atoms with Crippen LogP contribution in [-0.2, 0) is 12.2 Å². The predicted molar refractivity (Wildman–Crippen MR) is 73.6 cm³/mol. The van der Waals surface area contributed by atoms with Crippen molar-refractivity contribution in [1.82, 2.24) is 10.1 Å². The van der Waals surface area contributed by atoms with Crippen molar-refractivity contribution >= 4 is 11.8 Å². The maximum Gasteiger partial charge on any atom is 0.237 e. The summed E-state index contributed by atoms with van der Waals surface area (Å²) in [6.07, 6.45) is 0.874. The van der Waals surface area contributed by atoms with Crippen LogP contribution >= 0.6 is 11.8 Å². The van der Waals surface area contributed by atoms with E-state index in [1.165, 1.54) is 10.5 Å². The quantitative estimate of drug-likeness (QED) is 0.767. The molecule has 0 spiro atoms. The molecule has 0 fully saturated rings. The van der Waals surface area contributed by atoms with Gasteiger partial charge >= 0.3 is 0 Å². The third-order valence-corrected chi connectivity index (χ3v) is 3.48. The highest BCUT2D eigenvalue weighted by atomic mass is 32.2. The Kier molecular flexibility index (Phi) is 4.42. The minimum absolute atomic E-state index is 0.556. The van der Waals surface area contributed by atoms with Crippen LogP contribution in [0.5, 0.6) is 0 Å². The Balaban J connectivity index is 1.90. The summed E-state index contributed by atoms with van der Waals surface area (Å²) in [6.45, 7) is 6.39. The van der Waals surface area contributed by atoms with E-state index in [2.05, 4.69) is 55.2 Å². The predicted octanol–water partition coefficient (Wildman–Crippen LogP) is 3.87. The number of hydrogen-bond acceptors (Lipinski definition) is 4. The van der Waals surface area contributed by atoms with Crippen LogP contribution in [0.15, 0.2) is 33.7 Å². The van der Waals surface area contributed by atoms with E-state index in [4.69, 9.17) is 4.52 Å². The van der Waals surface area contributed by atoms with E-state index in [-0.39, 0.29) is 0 Å². The van der Waals surface area contributed by atoms with Crippen molar-refractivity contribution in [1.29, 1.82) is 0 Å². The number of nitrogens with zero attached hydrogens (tertiary/aromatic N) is 2. The van der Waals surface area contributed by atoms with Gasteiger partial charge in [-0.3, -0.25) is 0 Å². The van der Waals surface area contributed by atoms with Crippen LogP contribution in [0, 0.1) is 12.8 Å². The first kappa shape index (κ1) is 13.1. The minimum Gasteiger partial charge on any atom is -0.338 e. The lowest BCUT2D eigenvalue weighted by molar-refractivity contribution is 0.382. The summed E-state index contributed by atoms with van der Waals surface area (Å²) in [5, 5.41) is 3.98. The molecule has 96 valence electrons. The Morgan fingerprint density at radius 2 is 1.94 bits per heavy atom. The molecule has 2 rings (SSSR count). The number of benzene rings is 1. The van der Waals surface area contributed by atoms with Gasteiger partial charge in [-0.25, -0.2) is 0 Å².